The Bertz CT molecular complexity index is 686. The zero-order valence-electron chi connectivity index (χ0n) is 9.88. The van der Waals surface area contributed by atoms with Gasteiger partial charge in [0.1, 0.15) is 5.52 Å². The SMILES string of the molecule is Clc1ccc(/C=N\Nc2nc3ccccc3o2)cc1. The second kappa shape index (κ2) is 5.12. The van der Waals surface area contributed by atoms with Crippen LogP contribution in [0.5, 0.6) is 0 Å². The van der Waals surface area contributed by atoms with E-state index in [1.807, 2.05) is 48.5 Å². The van der Waals surface area contributed by atoms with Gasteiger partial charge < -0.3 is 4.42 Å². The molecule has 0 atom stereocenters. The minimum atomic E-state index is 0.367. The van der Waals surface area contributed by atoms with Gasteiger partial charge in [0.15, 0.2) is 5.58 Å². The van der Waals surface area contributed by atoms with Crippen LogP contribution >= 0.6 is 11.6 Å². The lowest BCUT2D eigenvalue weighted by Crippen LogP contribution is -1.90. The topological polar surface area (TPSA) is 50.4 Å². The molecule has 0 fully saturated rings. The summed E-state index contributed by atoms with van der Waals surface area (Å²) in [5.74, 6) is 0. The van der Waals surface area contributed by atoms with E-state index in [0.717, 1.165) is 16.7 Å². The molecule has 0 unspecified atom stereocenters. The molecule has 0 amide bonds. The average molecular weight is 272 g/mol. The zero-order valence-corrected chi connectivity index (χ0v) is 10.6. The average Bonchev–Trinajstić information content (AvgIpc) is 2.83. The Morgan fingerprint density at radius 3 is 2.68 bits per heavy atom. The first kappa shape index (κ1) is 11.7. The van der Waals surface area contributed by atoms with Crippen molar-refractivity contribution in [2.45, 2.75) is 0 Å². The van der Waals surface area contributed by atoms with Crippen LogP contribution in [-0.2, 0) is 0 Å². The summed E-state index contributed by atoms with van der Waals surface area (Å²) in [6.07, 6.45) is 1.67. The summed E-state index contributed by atoms with van der Waals surface area (Å²) in [5.41, 5.74) is 5.22. The van der Waals surface area contributed by atoms with Gasteiger partial charge in [-0.3, -0.25) is 0 Å². The first-order valence-corrected chi connectivity index (χ1v) is 6.09. The van der Waals surface area contributed by atoms with E-state index in [4.69, 9.17) is 16.0 Å². The summed E-state index contributed by atoms with van der Waals surface area (Å²) in [5, 5.41) is 4.76. The van der Waals surface area contributed by atoms with E-state index in [0.29, 0.717) is 11.0 Å². The number of halogens is 1. The summed E-state index contributed by atoms with van der Waals surface area (Å²) in [6, 6.07) is 15.3. The smallest absolute Gasteiger partial charge is 0.316 e. The van der Waals surface area contributed by atoms with Crippen molar-refractivity contribution in [1.82, 2.24) is 4.98 Å². The number of nitrogens with zero attached hydrogens (tertiary/aromatic N) is 2. The highest BCUT2D eigenvalue weighted by molar-refractivity contribution is 6.30. The van der Waals surface area contributed by atoms with Gasteiger partial charge in [0, 0.05) is 5.02 Å². The van der Waals surface area contributed by atoms with Crippen LogP contribution in [0.25, 0.3) is 11.1 Å². The maximum Gasteiger partial charge on any atom is 0.316 e. The molecule has 1 heterocycles. The minimum absolute atomic E-state index is 0.367. The van der Waals surface area contributed by atoms with Gasteiger partial charge in [-0.2, -0.15) is 10.1 Å². The Morgan fingerprint density at radius 2 is 1.89 bits per heavy atom. The van der Waals surface area contributed by atoms with Crippen molar-refractivity contribution >= 4 is 34.9 Å². The largest absolute Gasteiger partial charge is 0.422 e. The molecule has 3 aromatic rings. The number of fused-ring (bicyclic) bond motifs is 1. The molecule has 0 bridgehead atoms. The van der Waals surface area contributed by atoms with E-state index in [2.05, 4.69) is 15.5 Å². The monoisotopic (exact) mass is 271 g/mol. The van der Waals surface area contributed by atoms with Crippen LogP contribution in [0.3, 0.4) is 0 Å². The standard InChI is InChI=1S/C14H10ClN3O/c15-11-7-5-10(6-8-11)9-16-18-14-17-12-3-1-2-4-13(12)19-14/h1-9H,(H,17,18)/b16-9-. The molecule has 0 radical (unpaired) electrons. The zero-order chi connectivity index (χ0) is 13.1. The quantitative estimate of drug-likeness (QED) is 0.580. The number of hydrogen-bond acceptors (Lipinski definition) is 4. The van der Waals surface area contributed by atoms with Crippen LogP contribution in [0.4, 0.5) is 6.01 Å². The number of anilines is 1. The van der Waals surface area contributed by atoms with Crippen molar-refractivity contribution < 1.29 is 4.42 Å². The number of para-hydroxylation sites is 2. The highest BCUT2D eigenvalue weighted by atomic mass is 35.5. The van der Waals surface area contributed by atoms with Gasteiger partial charge >= 0.3 is 6.01 Å². The van der Waals surface area contributed by atoms with Crippen LogP contribution in [0.1, 0.15) is 5.56 Å². The van der Waals surface area contributed by atoms with Gasteiger partial charge in [-0.15, -0.1) is 0 Å². The summed E-state index contributed by atoms with van der Waals surface area (Å²) in [4.78, 5) is 4.25. The fourth-order valence-electron chi connectivity index (χ4n) is 1.63. The van der Waals surface area contributed by atoms with Crippen LogP contribution in [-0.4, -0.2) is 11.2 Å². The van der Waals surface area contributed by atoms with Crippen LogP contribution in [0, 0.1) is 0 Å². The molecule has 2 aromatic carbocycles. The molecule has 0 saturated carbocycles. The maximum absolute atomic E-state index is 5.80. The molecule has 94 valence electrons. The third-order valence-corrected chi connectivity index (χ3v) is 2.79. The number of nitrogens with one attached hydrogen (secondary N) is 1. The van der Waals surface area contributed by atoms with Gasteiger partial charge in [0.25, 0.3) is 0 Å². The molecule has 0 aliphatic heterocycles. The van der Waals surface area contributed by atoms with E-state index >= 15 is 0 Å². The predicted octanol–water partition coefficient (Wildman–Crippen LogP) is 3.93. The molecule has 3 rings (SSSR count). The molecule has 19 heavy (non-hydrogen) atoms. The van der Waals surface area contributed by atoms with Gasteiger partial charge in [-0.25, -0.2) is 5.43 Å². The van der Waals surface area contributed by atoms with E-state index in [-0.39, 0.29) is 0 Å². The Morgan fingerprint density at radius 1 is 1.11 bits per heavy atom. The highest BCUT2D eigenvalue weighted by Crippen LogP contribution is 2.17. The molecule has 0 saturated heterocycles. The number of aromatic nitrogens is 1. The summed E-state index contributed by atoms with van der Waals surface area (Å²) in [7, 11) is 0. The highest BCUT2D eigenvalue weighted by Gasteiger charge is 2.02. The number of hydrogen-bond donors (Lipinski definition) is 1. The predicted molar refractivity (Wildman–Crippen MR) is 76.7 cm³/mol. The van der Waals surface area contributed by atoms with E-state index in [9.17, 15) is 0 Å². The third-order valence-electron chi connectivity index (χ3n) is 2.54. The molecule has 0 spiro atoms. The lowest BCUT2D eigenvalue weighted by atomic mass is 10.2. The fourth-order valence-corrected chi connectivity index (χ4v) is 1.76. The number of oxazole rings is 1. The van der Waals surface area contributed by atoms with Gasteiger partial charge in [0.2, 0.25) is 0 Å². The van der Waals surface area contributed by atoms with E-state index < -0.39 is 0 Å². The molecule has 1 aromatic heterocycles. The van der Waals surface area contributed by atoms with Crippen molar-refractivity contribution in [3.8, 4) is 0 Å². The fraction of sp³-hybridized carbons (Fsp3) is 0. The van der Waals surface area contributed by atoms with E-state index in [1.54, 1.807) is 6.21 Å². The van der Waals surface area contributed by atoms with Crippen molar-refractivity contribution in [1.29, 1.82) is 0 Å². The molecule has 0 aliphatic rings. The molecule has 0 aliphatic carbocycles. The van der Waals surface area contributed by atoms with Gasteiger partial charge in [-0.1, -0.05) is 35.9 Å². The van der Waals surface area contributed by atoms with Crippen LogP contribution in [0.15, 0.2) is 58.0 Å². The summed E-state index contributed by atoms with van der Waals surface area (Å²) < 4.78 is 5.47. The second-order valence-electron chi connectivity index (χ2n) is 3.91. The lowest BCUT2D eigenvalue weighted by Gasteiger charge is -1.93. The van der Waals surface area contributed by atoms with E-state index in [1.165, 1.54) is 0 Å². The first-order valence-electron chi connectivity index (χ1n) is 5.71. The Balaban J connectivity index is 1.73. The molecule has 1 N–H and O–H groups in total. The van der Waals surface area contributed by atoms with Crippen molar-refractivity contribution in [2.24, 2.45) is 5.10 Å². The lowest BCUT2D eigenvalue weighted by molar-refractivity contribution is 0.617. The maximum atomic E-state index is 5.80. The number of rotatable bonds is 3. The first-order chi connectivity index (χ1) is 9.31. The van der Waals surface area contributed by atoms with Crippen molar-refractivity contribution in [3.63, 3.8) is 0 Å². The molecular formula is C14H10ClN3O. The molecular weight excluding hydrogens is 262 g/mol. The normalized spacial score (nSPS) is 11.2. The summed E-state index contributed by atoms with van der Waals surface area (Å²) >= 11 is 5.80. The summed E-state index contributed by atoms with van der Waals surface area (Å²) in [6.45, 7) is 0. The Kier molecular flexibility index (Phi) is 3.16. The van der Waals surface area contributed by atoms with Gasteiger partial charge in [0.05, 0.1) is 6.21 Å². The molecule has 4 nitrogen and oxygen atoms in total. The number of hydrazone groups is 1. The van der Waals surface area contributed by atoms with Crippen molar-refractivity contribution in [2.75, 3.05) is 5.43 Å². The van der Waals surface area contributed by atoms with Gasteiger partial charge in [-0.05, 0) is 29.8 Å². The second-order valence-corrected chi connectivity index (χ2v) is 4.34. The van der Waals surface area contributed by atoms with Crippen LogP contribution in [0.2, 0.25) is 5.02 Å². The van der Waals surface area contributed by atoms with Crippen molar-refractivity contribution in [3.05, 3.63) is 59.1 Å². The minimum Gasteiger partial charge on any atom is -0.422 e. The molecule has 5 heteroatoms. The number of benzene rings is 2. The third kappa shape index (κ3) is 2.74. The Labute approximate surface area is 114 Å². The Hall–Kier alpha value is -2.33. The van der Waals surface area contributed by atoms with Crippen LogP contribution < -0.4 is 5.43 Å².